The Labute approximate surface area is 496 Å². The minimum Gasteiger partial charge on any atom is -0.462 e. The lowest BCUT2D eigenvalue weighted by Gasteiger charge is -2.18. The van der Waals surface area contributed by atoms with Gasteiger partial charge in [-0.05, 0) is 77.0 Å². The molecule has 0 aromatic heterocycles. The summed E-state index contributed by atoms with van der Waals surface area (Å²) in [6.07, 6.45) is 90.3. The summed E-state index contributed by atoms with van der Waals surface area (Å²) in [5.74, 6) is -0.853. The predicted molar refractivity (Wildman–Crippen MR) is 348 cm³/mol. The van der Waals surface area contributed by atoms with Crippen molar-refractivity contribution in [1.29, 1.82) is 0 Å². The Bertz CT molecular complexity index is 1520. The van der Waals surface area contributed by atoms with E-state index in [1.807, 2.05) is 0 Å². The first-order valence-electron chi connectivity index (χ1n) is 34.6. The molecule has 0 heterocycles. The highest BCUT2D eigenvalue weighted by Gasteiger charge is 2.19. The average Bonchev–Trinajstić information content (AvgIpc) is 3.46. The molecule has 1 unspecified atom stereocenters. The van der Waals surface area contributed by atoms with Gasteiger partial charge in [-0.2, -0.15) is 0 Å². The van der Waals surface area contributed by atoms with Gasteiger partial charge in [0.25, 0.3) is 0 Å². The van der Waals surface area contributed by atoms with Gasteiger partial charge >= 0.3 is 17.9 Å². The van der Waals surface area contributed by atoms with E-state index in [1.165, 1.54) is 205 Å². The molecule has 0 N–H and O–H groups in total. The van der Waals surface area contributed by atoms with Crippen molar-refractivity contribution in [2.24, 2.45) is 0 Å². The summed E-state index contributed by atoms with van der Waals surface area (Å²) in [6.45, 7) is 6.57. The highest BCUT2D eigenvalue weighted by Crippen LogP contribution is 2.18. The number of allylic oxidation sites excluding steroid dienone is 14. The number of hydrogen-bond donors (Lipinski definition) is 0. The molecule has 1 atom stereocenters. The van der Waals surface area contributed by atoms with Gasteiger partial charge in [0, 0.05) is 19.3 Å². The van der Waals surface area contributed by atoms with Crippen LogP contribution in [-0.2, 0) is 28.6 Å². The minimum absolute atomic E-state index is 0.0705. The van der Waals surface area contributed by atoms with Gasteiger partial charge in [-0.15, -0.1) is 0 Å². The van der Waals surface area contributed by atoms with Crippen LogP contribution < -0.4 is 0 Å². The van der Waals surface area contributed by atoms with E-state index in [0.29, 0.717) is 19.3 Å². The van der Waals surface area contributed by atoms with Gasteiger partial charge in [0.15, 0.2) is 6.10 Å². The fraction of sp³-hybridized carbons (Fsp3) is 0.770. The van der Waals surface area contributed by atoms with Crippen LogP contribution in [0.3, 0.4) is 0 Å². The van der Waals surface area contributed by atoms with E-state index in [0.717, 1.165) is 103 Å². The van der Waals surface area contributed by atoms with Crippen molar-refractivity contribution >= 4 is 17.9 Å². The van der Waals surface area contributed by atoms with Crippen LogP contribution in [0.25, 0.3) is 0 Å². The molecule has 0 saturated heterocycles. The van der Waals surface area contributed by atoms with Crippen LogP contribution in [-0.4, -0.2) is 37.2 Å². The minimum atomic E-state index is -0.774. The number of carbonyl (C=O) groups excluding carboxylic acids is 3. The summed E-state index contributed by atoms with van der Waals surface area (Å²) in [7, 11) is 0. The van der Waals surface area contributed by atoms with Crippen LogP contribution in [0.15, 0.2) is 85.1 Å². The van der Waals surface area contributed by atoms with E-state index in [1.54, 1.807) is 0 Å². The topological polar surface area (TPSA) is 78.9 Å². The Hall–Kier alpha value is -3.41. The molecule has 462 valence electrons. The number of unbranched alkanes of at least 4 members (excludes halogenated alkanes) is 38. The quantitative estimate of drug-likeness (QED) is 0.0261. The molecule has 0 fully saturated rings. The number of carbonyl (C=O) groups is 3. The summed E-state index contributed by atoms with van der Waals surface area (Å²) in [4.78, 5) is 38.3. The van der Waals surface area contributed by atoms with E-state index < -0.39 is 6.10 Å². The molecular formula is C74H130O6. The summed E-state index contributed by atoms with van der Waals surface area (Å²) in [5, 5.41) is 0. The van der Waals surface area contributed by atoms with E-state index in [2.05, 4.69) is 106 Å². The second-order valence-electron chi connectivity index (χ2n) is 23.1. The smallest absolute Gasteiger partial charge is 0.306 e. The summed E-state index contributed by atoms with van der Waals surface area (Å²) >= 11 is 0. The lowest BCUT2D eigenvalue weighted by Crippen LogP contribution is -2.30. The third-order valence-corrected chi connectivity index (χ3v) is 15.2. The van der Waals surface area contributed by atoms with Gasteiger partial charge in [0.05, 0.1) is 0 Å². The number of esters is 3. The zero-order valence-electron chi connectivity index (χ0n) is 53.1. The predicted octanol–water partition coefficient (Wildman–Crippen LogP) is 23.8. The molecule has 0 aliphatic heterocycles. The number of ether oxygens (including phenoxy) is 3. The van der Waals surface area contributed by atoms with Crippen molar-refractivity contribution < 1.29 is 28.6 Å². The normalized spacial score (nSPS) is 12.6. The van der Waals surface area contributed by atoms with Gasteiger partial charge in [-0.1, -0.05) is 337 Å². The summed E-state index contributed by atoms with van der Waals surface area (Å²) < 4.78 is 17.0. The third-order valence-electron chi connectivity index (χ3n) is 15.2. The maximum atomic E-state index is 12.9. The zero-order valence-corrected chi connectivity index (χ0v) is 53.1. The summed E-state index contributed by atoms with van der Waals surface area (Å²) in [5.41, 5.74) is 0. The number of rotatable bonds is 63. The molecule has 6 nitrogen and oxygen atoms in total. The first kappa shape index (κ1) is 76.6. The van der Waals surface area contributed by atoms with E-state index in [-0.39, 0.29) is 31.1 Å². The van der Waals surface area contributed by atoms with Crippen molar-refractivity contribution in [3.05, 3.63) is 85.1 Å². The van der Waals surface area contributed by atoms with Crippen molar-refractivity contribution in [3.63, 3.8) is 0 Å². The highest BCUT2D eigenvalue weighted by atomic mass is 16.6. The molecule has 0 radical (unpaired) electrons. The molecule has 0 rings (SSSR count). The average molecular weight is 1120 g/mol. The van der Waals surface area contributed by atoms with E-state index in [9.17, 15) is 14.4 Å². The van der Waals surface area contributed by atoms with Crippen LogP contribution in [0.2, 0.25) is 0 Å². The maximum absolute atomic E-state index is 12.9. The molecule has 6 heteroatoms. The molecule has 0 aromatic carbocycles. The molecule has 0 saturated carbocycles. The molecule has 80 heavy (non-hydrogen) atoms. The monoisotopic (exact) mass is 1110 g/mol. The Balaban J connectivity index is 4.20. The third kappa shape index (κ3) is 65.4. The van der Waals surface area contributed by atoms with Crippen LogP contribution in [0.4, 0.5) is 0 Å². The highest BCUT2D eigenvalue weighted by molar-refractivity contribution is 5.71. The van der Waals surface area contributed by atoms with E-state index in [4.69, 9.17) is 14.2 Å². The van der Waals surface area contributed by atoms with Gasteiger partial charge in [-0.3, -0.25) is 14.4 Å². The fourth-order valence-electron chi connectivity index (χ4n) is 10.0. The molecule has 0 aliphatic rings. The Kier molecular flexibility index (Phi) is 65.2. The molecule has 0 aliphatic carbocycles. The molecule has 0 bridgehead atoms. The Morgan fingerprint density at radius 3 is 0.762 bits per heavy atom. The van der Waals surface area contributed by atoms with Crippen molar-refractivity contribution in [2.75, 3.05) is 13.2 Å². The fourth-order valence-corrected chi connectivity index (χ4v) is 10.0. The second-order valence-corrected chi connectivity index (χ2v) is 23.1. The van der Waals surface area contributed by atoms with Crippen LogP contribution in [0, 0.1) is 0 Å². The van der Waals surface area contributed by atoms with Gasteiger partial charge in [0.2, 0.25) is 0 Å². The largest absolute Gasteiger partial charge is 0.462 e. The first-order chi connectivity index (χ1) is 39.5. The summed E-state index contributed by atoms with van der Waals surface area (Å²) in [6, 6.07) is 0. The zero-order chi connectivity index (χ0) is 57.8. The van der Waals surface area contributed by atoms with Crippen LogP contribution in [0.1, 0.15) is 348 Å². The van der Waals surface area contributed by atoms with Crippen molar-refractivity contribution in [1.82, 2.24) is 0 Å². The lowest BCUT2D eigenvalue weighted by atomic mass is 10.0. The Morgan fingerprint density at radius 1 is 0.263 bits per heavy atom. The van der Waals surface area contributed by atoms with Crippen molar-refractivity contribution in [2.45, 2.75) is 354 Å². The number of hydrogen-bond acceptors (Lipinski definition) is 6. The van der Waals surface area contributed by atoms with Crippen LogP contribution >= 0.6 is 0 Å². The lowest BCUT2D eigenvalue weighted by molar-refractivity contribution is -0.167. The van der Waals surface area contributed by atoms with Gasteiger partial charge in [-0.25, -0.2) is 0 Å². The van der Waals surface area contributed by atoms with E-state index >= 15 is 0 Å². The first-order valence-corrected chi connectivity index (χ1v) is 34.6. The second kappa shape index (κ2) is 68.1. The van der Waals surface area contributed by atoms with Crippen molar-refractivity contribution in [3.8, 4) is 0 Å². The Morgan fingerprint density at radius 2 is 0.487 bits per heavy atom. The molecular weight excluding hydrogens is 985 g/mol. The SMILES string of the molecule is CC/C=C\C/C=C\C/C=C\C/C=C\C/C=C\C/C=C\C/C=C\CCCCCCCCCCCCCC(=O)OCC(COC(=O)CCCCCCCCCCCCCCC)OC(=O)CCCCCCCCCCCCCCCCCC. The van der Waals surface area contributed by atoms with Gasteiger partial charge < -0.3 is 14.2 Å². The maximum Gasteiger partial charge on any atom is 0.306 e. The van der Waals surface area contributed by atoms with Crippen LogP contribution in [0.5, 0.6) is 0 Å². The molecule has 0 aromatic rings. The molecule has 0 spiro atoms. The van der Waals surface area contributed by atoms with Gasteiger partial charge in [0.1, 0.15) is 13.2 Å². The molecule has 0 amide bonds. The standard InChI is InChI=1S/C74H130O6/c1-4-7-10-13-16-19-22-25-27-29-30-31-32-33-34-35-36-37-38-39-40-41-42-43-44-45-47-49-52-55-58-61-64-67-73(76)79-70-71(69-78-72(75)66-63-60-57-54-51-48-24-21-18-15-12-9-6-3)80-74(77)68-65-62-59-56-53-50-46-28-26-23-20-17-14-11-8-5-2/h7,10,16,19,25,27,30-31,33-34,36-37,39-40,71H,4-6,8-9,11-15,17-18,20-24,26,28-29,32,35,38,41-70H2,1-3H3/b10-7-,19-16-,27-25-,31-30-,34-33-,37-36-,40-39-.